The van der Waals surface area contributed by atoms with Crippen LogP contribution in [0.25, 0.3) is 0 Å². The zero-order chi connectivity index (χ0) is 15.9. The van der Waals surface area contributed by atoms with E-state index in [9.17, 15) is 22.8 Å². The van der Waals surface area contributed by atoms with Crippen molar-refractivity contribution in [3.8, 4) is 0 Å². The van der Waals surface area contributed by atoms with Crippen LogP contribution >= 0.6 is 0 Å². The molecule has 0 aliphatic heterocycles. The van der Waals surface area contributed by atoms with Gasteiger partial charge in [0.2, 0.25) is 5.91 Å². The molecule has 0 radical (unpaired) electrons. The molecule has 1 rings (SSSR count). The number of ether oxygens (including phenoxy) is 1. The van der Waals surface area contributed by atoms with Crippen molar-refractivity contribution in [3.63, 3.8) is 0 Å². The van der Waals surface area contributed by atoms with Crippen LogP contribution in [0.5, 0.6) is 0 Å². The Morgan fingerprint density at radius 1 is 1.24 bits per heavy atom. The van der Waals surface area contributed by atoms with Gasteiger partial charge in [0, 0.05) is 0 Å². The topological polar surface area (TPSA) is 67.4 Å². The van der Waals surface area contributed by atoms with Crippen LogP contribution in [0.4, 0.5) is 13.2 Å². The van der Waals surface area contributed by atoms with Gasteiger partial charge in [-0.3, -0.25) is 4.79 Å². The number of alkyl halides is 3. The number of halogens is 3. The van der Waals surface area contributed by atoms with Crippen molar-refractivity contribution in [2.75, 3.05) is 20.2 Å². The number of nitrogens with one attached hydrogen (secondary N) is 2. The molecule has 0 heterocycles. The van der Waals surface area contributed by atoms with Crippen LogP contribution < -0.4 is 10.6 Å². The number of hydrogen-bond acceptors (Lipinski definition) is 4. The number of methoxy groups -OCH3 is 1. The summed E-state index contributed by atoms with van der Waals surface area (Å²) in [6.07, 6.45) is -4.40. The van der Waals surface area contributed by atoms with E-state index in [0.717, 1.165) is 7.11 Å². The fraction of sp³-hybridized carbons (Fsp3) is 0.385. The number of hydrogen-bond donors (Lipinski definition) is 2. The summed E-state index contributed by atoms with van der Waals surface area (Å²) in [7, 11) is 1.16. The third kappa shape index (κ3) is 6.26. The molecule has 0 saturated carbocycles. The van der Waals surface area contributed by atoms with Crippen molar-refractivity contribution < 1.29 is 27.5 Å². The molecular weight excluding hydrogens is 289 g/mol. The minimum Gasteiger partial charge on any atom is -0.467 e. The Kier molecular flexibility index (Phi) is 6.16. The standard InChI is InChI=1S/C13H15F3N2O3/c1-21-12(20)11(9-5-3-2-4-6-9)18-10(19)7-17-8-13(14,15)16/h2-6,11,17H,7-8H2,1H3,(H,18,19). The van der Waals surface area contributed by atoms with Gasteiger partial charge in [0.25, 0.3) is 0 Å². The van der Waals surface area contributed by atoms with Crippen LogP contribution in [0.1, 0.15) is 11.6 Å². The number of carbonyl (C=O) groups is 2. The maximum atomic E-state index is 11.9. The van der Waals surface area contributed by atoms with Crippen molar-refractivity contribution in [2.45, 2.75) is 12.2 Å². The highest BCUT2D eigenvalue weighted by Gasteiger charge is 2.27. The molecule has 2 N–H and O–H groups in total. The van der Waals surface area contributed by atoms with Crippen LogP contribution in [0, 0.1) is 0 Å². The van der Waals surface area contributed by atoms with Crippen molar-refractivity contribution in [1.82, 2.24) is 10.6 Å². The molecular formula is C13H15F3N2O3. The fourth-order valence-corrected chi connectivity index (χ4v) is 1.57. The molecule has 8 heteroatoms. The molecule has 1 unspecified atom stereocenters. The molecule has 0 aliphatic rings. The molecule has 0 spiro atoms. The lowest BCUT2D eigenvalue weighted by Gasteiger charge is -2.17. The lowest BCUT2D eigenvalue weighted by Crippen LogP contribution is -2.41. The summed E-state index contributed by atoms with van der Waals surface area (Å²) in [6, 6.07) is 7.20. The molecule has 1 aromatic carbocycles. The number of rotatable bonds is 6. The highest BCUT2D eigenvalue weighted by atomic mass is 19.4. The van der Waals surface area contributed by atoms with Crippen LogP contribution in [-0.2, 0) is 14.3 Å². The van der Waals surface area contributed by atoms with E-state index in [1.807, 2.05) is 5.32 Å². The number of amides is 1. The molecule has 0 saturated heterocycles. The van der Waals surface area contributed by atoms with E-state index in [0.29, 0.717) is 5.56 Å². The second-order valence-corrected chi connectivity index (χ2v) is 4.15. The van der Waals surface area contributed by atoms with Gasteiger partial charge >= 0.3 is 12.1 Å². The van der Waals surface area contributed by atoms with Crippen LogP contribution in [-0.4, -0.2) is 38.3 Å². The zero-order valence-electron chi connectivity index (χ0n) is 11.2. The number of carbonyl (C=O) groups excluding carboxylic acids is 2. The predicted molar refractivity (Wildman–Crippen MR) is 68.3 cm³/mol. The first-order valence-corrected chi connectivity index (χ1v) is 6.03. The lowest BCUT2D eigenvalue weighted by atomic mass is 10.1. The summed E-state index contributed by atoms with van der Waals surface area (Å²) < 4.78 is 40.4. The Hall–Kier alpha value is -2.09. The van der Waals surface area contributed by atoms with Gasteiger partial charge in [-0.25, -0.2) is 4.79 Å². The van der Waals surface area contributed by atoms with Crippen LogP contribution in [0.15, 0.2) is 30.3 Å². The largest absolute Gasteiger partial charge is 0.467 e. The van der Waals surface area contributed by atoms with E-state index in [4.69, 9.17) is 0 Å². The molecule has 116 valence electrons. The summed E-state index contributed by atoms with van der Waals surface area (Å²) in [6.45, 7) is -1.84. The number of benzene rings is 1. The monoisotopic (exact) mass is 304 g/mol. The second kappa shape index (κ2) is 7.63. The predicted octanol–water partition coefficient (Wildman–Crippen LogP) is 1.17. The maximum Gasteiger partial charge on any atom is 0.401 e. The first-order valence-electron chi connectivity index (χ1n) is 6.03. The van der Waals surface area contributed by atoms with Crippen molar-refractivity contribution in [1.29, 1.82) is 0 Å². The summed E-state index contributed by atoms with van der Waals surface area (Å²) in [5, 5.41) is 4.28. The molecule has 5 nitrogen and oxygen atoms in total. The van der Waals surface area contributed by atoms with E-state index in [-0.39, 0.29) is 0 Å². The van der Waals surface area contributed by atoms with E-state index in [1.165, 1.54) is 0 Å². The minimum atomic E-state index is -4.40. The maximum absolute atomic E-state index is 11.9. The van der Waals surface area contributed by atoms with Gasteiger partial charge in [-0.2, -0.15) is 13.2 Å². The summed E-state index contributed by atoms with van der Waals surface area (Å²) in [5.41, 5.74) is 0.480. The highest BCUT2D eigenvalue weighted by Crippen LogP contribution is 2.14. The van der Waals surface area contributed by atoms with E-state index < -0.39 is 37.2 Å². The van der Waals surface area contributed by atoms with Gasteiger partial charge in [0.1, 0.15) is 0 Å². The highest BCUT2D eigenvalue weighted by molar-refractivity contribution is 5.86. The normalized spacial score (nSPS) is 12.6. The average molecular weight is 304 g/mol. The Morgan fingerprint density at radius 3 is 2.38 bits per heavy atom. The first-order chi connectivity index (χ1) is 9.83. The smallest absolute Gasteiger partial charge is 0.401 e. The Balaban J connectivity index is 2.62. The van der Waals surface area contributed by atoms with Gasteiger partial charge in [0.15, 0.2) is 6.04 Å². The fourth-order valence-electron chi connectivity index (χ4n) is 1.57. The molecule has 0 bridgehead atoms. The molecule has 1 atom stereocenters. The second-order valence-electron chi connectivity index (χ2n) is 4.15. The lowest BCUT2D eigenvalue weighted by molar-refractivity contribution is -0.145. The van der Waals surface area contributed by atoms with Crippen molar-refractivity contribution >= 4 is 11.9 Å². The summed E-state index contributed by atoms with van der Waals surface area (Å²) >= 11 is 0. The van der Waals surface area contributed by atoms with Gasteiger partial charge in [0.05, 0.1) is 20.2 Å². The van der Waals surface area contributed by atoms with E-state index >= 15 is 0 Å². The first kappa shape index (κ1) is 17.0. The SMILES string of the molecule is COC(=O)C(NC(=O)CNCC(F)(F)F)c1ccccc1. The Morgan fingerprint density at radius 2 is 1.86 bits per heavy atom. The zero-order valence-corrected chi connectivity index (χ0v) is 11.2. The van der Waals surface area contributed by atoms with Crippen LogP contribution in [0.3, 0.4) is 0 Å². The molecule has 1 aromatic rings. The Labute approximate surface area is 119 Å². The quantitative estimate of drug-likeness (QED) is 0.774. The summed E-state index contributed by atoms with van der Waals surface area (Å²) in [4.78, 5) is 23.2. The van der Waals surface area contributed by atoms with E-state index in [2.05, 4.69) is 10.1 Å². The average Bonchev–Trinajstić information content (AvgIpc) is 2.43. The molecule has 0 aliphatic carbocycles. The molecule has 1 amide bonds. The van der Waals surface area contributed by atoms with Crippen molar-refractivity contribution in [2.24, 2.45) is 0 Å². The van der Waals surface area contributed by atoms with Crippen molar-refractivity contribution in [3.05, 3.63) is 35.9 Å². The van der Waals surface area contributed by atoms with Gasteiger partial charge in [-0.15, -0.1) is 0 Å². The van der Waals surface area contributed by atoms with Gasteiger partial charge in [-0.05, 0) is 5.56 Å². The van der Waals surface area contributed by atoms with E-state index in [1.54, 1.807) is 30.3 Å². The number of esters is 1. The molecule has 0 fully saturated rings. The third-order valence-corrected chi connectivity index (χ3v) is 2.49. The molecule has 21 heavy (non-hydrogen) atoms. The molecule has 0 aromatic heterocycles. The van der Waals surface area contributed by atoms with Gasteiger partial charge in [-0.1, -0.05) is 30.3 Å². The van der Waals surface area contributed by atoms with Crippen LogP contribution in [0.2, 0.25) is 0 Å². The van der Waals surface area contributed by atoms with Gasteiger partial charge < -0.3 is 15.4 Å². The Bertz CT molecular complexity index is 477. The third-order valence-electron chi connectivity index (χ3n) is 2.49. The minimum absolute atomic E-state index is 0.480. The summed E-state index contributed by atoms with van der Waals surface area (Å²) in [5.74, 6) is -1.44.